The number of aromatic nitrogens is 2. The lowest BCUT2D eigenvalue weighted by atomic mass is 10.1. The Bertz CT molecular complexity index is 509. The minimum absolute atomic E-state index is 0.0344. The van der Waals surface area contributed by atoms with E-state index in [1.165, 1.54) is 6.42 Å². The number of aromatic amines is 1. The Kier molecular flexibility index (Phi) is 3.00. The van der Waals surface area contributed by atoms with Crippen LogP contribution in [0.2, 0.25) is 0 Å². The van der Waals surface area contributed by atoms with Gasteiger partial charge in [-0.15, -0.1) is 0 Å². The van der Waals surface area contributed by atoms with Crippen LogP contribution in [0, 0.1) is 0 Å². The monoisotopic (exact) mass is 275 g/mol. The molecule has 1 N–H and O–H groups in total. The molecule has 0 radical (unpaired) electrons. The van der Waals surface area contributed by atoms with Gasteiger partial charge in [0, 0.05) is 32.7 Å². The minimum atomic E-state index is 0.0344. The number of nitrogens with zero attached hydrogens (tertiary/aromatic N) is 4. The van der Waals surface area contributed by atoms with E-state index in [9.17, 15) is 4.79 Å². The van der Waals surface area contributed by atoms with Crippen LogP contribution in [0.3, 0.4) is 0 Å². The first kappa shape index (κ1) is 12.3. The summed E-state index contributed by atoms with van der Waals surface area (Å²) in [4.78, 5) is 19.7. The van der Waals surface area contributed by atoms with E-state index in [1.54, 1.807) is 6.20 Å². The predicted molar refractivity (Wildman–Crippen MR) is 75.7 cm³/mol. The lowest BCUT2D eigenvalue weighted by Gasteiger charge is -2.39. The third-order valence-electron chi connectivity index (χ3n) is 4.84. The first-order valence-corrected chi connectivity index (χ1v) is 7.63. The van der Waals surface area contributed by atoms with Gasteiger partial charge >= 0.3 is 0 Å². The maximum atomic E-state index is 13.0. The van der Waals surface area contributed by atoms with Crippen molar-refractivity contribution in [3.8, 4) is 0 Å². The number of nitrogens with one attached hydrogen (secondary N) is 1. The van der Waals surface area contributed by atoms with Gasteiger partial charge in [0.2, 0.25) is 5.91 Å². The number of carbonyl (C=O) groups excluding carboxylic acids is 1. The van der Waals surface area contributed by atoms with Crippen LogP contribution >= 0.6 is 0 Å². The van der Waals surface area contributed by atoms with Crippen molar-refractivity contribution in [1.82, 2.24) is 20.0 Å². The van der Waals surface area contributed by atoms with Gasteiger partial charge in [0.05, 0.1) is 17.6 Å². The molecule has 5 heterocycles. The fourth-order valence-corrected chi connectivity index (χ4v) is 3.75. The van der Waals surface area contributed by atoms with Crippen molar-refractivity contribution in [3.63, 3.8) is 0 Å². The number of aryl methyl sites for hydroxylation is 1. The summed E-state index contributed by atoms with van der Waals surface area (Å²) >= 11 is 0. The molecule has 0 aliphatic carbocycles. The van der Waals surface area contributed by atoms with Crippen LogP contribution in [0.1, 0.15) is 18.5 Å². The Labute approximate surface area is 118 Å². The van der Waals surface area contributed by atoms with E-state index in [2.05, 4.69) is 20.0 Å². The van der Waals surface area contributed by atoms with Gasteiger partial charge in [-0.25, -0.2) is 0 Å². The molecule has 0 aromatic carbocycles. The van der Waals surface area contributed by atoms with Gasteiger partial charge in [0.25, 0.3) is 0 Å². The molecular formula is C14H21N5O. The van der Waals surface area contributed by atoms with E-state index < -0.39 is 0 Å². The molecule has 1 aromatic rings. The molecule has 6 heteroatoms. The van der Waals surface area contributed by atoms with E-state index >= 15 is 0 Å². The molecule has 4 aliphatic heterocycles. The van der Waals surface area contributed by atoms with Crippen molar-refractivity contribution >= 4 is 11.6 Å². The van der Waals surface area contributed by atoms with E-state index in [1.807, 2.05) is 4.90 Å². The molecule has 3 unspecified atom stereocenters. The average molecular weight is 275 g/mol. The number of piperazine rings is 1. The third-order valence-corrected chi connectivity index (χ3v) is 4.84. The maximum Gasteiger partial charge on any atom is 0.245 e. The second-order valence-electron chi connectivity index (χ2n) is 6.03. The van der Waals surface area contributed by atoms with Crippen LogP contribution in [-0.2, 0) is 11.2 Å². The number of H-pyrrole nitrogens is 1. The molecule has 1 amide bonds. The Balaban J connectivity index is 1.59. The smallest absolute Gasteiger partial charge is 0.245 e. The Morgan fingerprint density at radius 3 is 3.10 bits per heavy atom. The predicted octanol–water partition coefficient (Wildman–Crippen LogP) is 0.0788. The van der Waals surface area contributed by atoms with Gasteiger partial charge in [-0.3, -0.25) is 19.7 Å². The Morgan fingerprint density at radius 1 is 1.20 bits per heavy atom. The lowest BCUT2D eigenvalue weighted by Crippen LogP contribution is -2.58. The van der Waals surface area contributed by atoms with Crippen LogP contribution in [0.5, 0.6) is 0 Å². The first-order chi connectivity index (χ1) is 9.83. The molecular weight excluding hydrogens is 254 g/mol. The van der Waals surface area contributed by atoms with Crippen molar-refractivity contribution < 1.29 is 4.79 Å². The van der Waals surface area contributed by atoms with Crippen molar-refractivity contribution in [2.24, 2.45) is 0 Å². The van der Waals surface area contributed by atoms with Crippen molar-refractivity contribution in [2.75, 3.05) is 44.2 Å². The topological polar surface area (TPSA) is 55.5 Å². The highest BCUT2D eigenvalue weighted by Crippen LogP contribution is 2.27. The van der Waals surface area contributed by atoms with Gasteiger partial charge in [-0.2, -0.15) is 5.10 Å². The van der Waals surface area contributed by atoms with Gasteiger partial charge in [0.1, 0.15) is 6.04 Å². The molecule has 2 bridgehead atoms. The minimum Gasteiger partial charge on any atom is -0.308 e. The molecule has 3 saturated heterocycles. The number of fused-ring (bicyclic) bond motifs is 5. The molecule has 0 spiro atoms. The highest BCUT2D eigenvalue weighted by molar-refractivity contribution is 5.98. The maximum absolute atomic E-state index is 13.0. The van der Waals surface area contributed by atoms with Crippen LogP contribution < -0.4 is 4.90 Å². The summed E-state index contributed by atoms with van der Waals surface area (Å²) in [5.74, 6) is 0.263. The molecule has 6 nitrogen and oxygen atoms in total. The van der Waals surface area contributed by atoms with Crippen LogP contribution in [-0.4, -0.2) is 71.2 Å². The van der Waals surface area contributed by atoms with Gasteiger partial charge in [-0.05, 0) is 25.8 Å². The summed E-state index contributed by atoms with van der Waals surface area (Å²) in [7, 11) is 0. The SMILES string of the molecule is O=C(C1CN2CCCN1CC2)N1CCCc2[nH]ncc21. The Hall–Kier alpha value is -1.40. The molecule has 0 saturated carbocycles. The van der Waals surface area contributed by atoms with E-state index in [4.69, 9.17) is 0 Å². The van der Waals surface area contributed by atoms with Crippen LogP contribution in [0.15, 0.2) is 6.20 Å². The number of hydrogen-bond acceptors (Lipinski definition) is 4. The molecule has 1 aromatic heterocycles. The summed E-state index contributed by atoms with van der Waals surface area (Å²) in [5.41, 5.74) is 2.11. The van der Waals surface area contributed by atoms with E-state index in [-0.39, 0.29) is 11.9 Å². The fourth-order valence-electron chi connectivity index (χ4n) is 3.75. The third kappa shape index (κ3) is 1.94. The molecule has 4 aliphatic rings. The second-order valence-corrected chi connectivity index (χ2v) is 6.03. The molecule has 5 rings (SSSR count). The van der Waals surface area contributed by atoms with Gasteiger partial charge < -0.3 is 4.90 Å². The van der Waals surface area contributed by atoms with Gasteiger partial charge in [0.15, 0.2) is 0 Å². The Morgan fingerprint density at radius 2 is 2.15 bits per heavy atom. The number of carbonyl (C=O) groups is 1. The first-order valence-electron chi connectivity index (χ1n) is 7.63. The summed E-state index contributed by atoms with van der Waals surface area (Å²) in [5, 5.41) is 7.13. The van der Waals surface area contributed by atoms with Crippen LogP contribution in [0.4, 0.5) is 5.69 Å². The average Bonchev–Trinajstić information content (AvgIpc) is 2.73. The number of anilines is 1. The van der Waals surface area contributed by atoms with E-state index in [0.717, 1.165) is 63.5 Å². The number of rotatable bonds is 1. The highest BCUT2D eigenvalue weighted by Gasteiger charge is 2.38. The zero-order valence-corrected chi connectivity index (χ0v) is 11.7. The highest BCUT2D eigenvalue weighted by atomic mass is 16.2. The summed E-state index contributed by atoms with van der Waals surface area (Å²) < 4.78 is 0. The zero-order valence-electron chi connectivity index (χ0n) is 11.7. The van der Waals surface area contributed by atoms with Crippen molar-refractivity contribution in [3.05, 3.63) is 11.9 Å². The van der Waals surface area contributed by atoms with Crippen molar-refractivity contribution in [2.45, 2.75) is 25.3 Å². The summed E-state index contributed by atoms with van der Waals surface area (Å²) in [6, 6.07) is 0.0344. The quantitative estimate of drug-likeness (QED) is 0.788. The molecule has 20 heavy (non-hydrogen) atoms. The van der Waals surface area contributed by atoms with Gasteiger partial charge in [-0.1, -0.05) is 0 Å². The lowest BCUT2D eigenvalue weighted by molar-refractivity contribution is -0.125. The zero-order chi connectivity index (χ0) is 13.5. The normalized spacial score (nSPS) is 32.8. The number of hydrogen-bond donors (Lipinski definition) is 1. The molecule has 3 atom stereocenters. The largest absolute Gasteiger partial charge is 0.308 e. The van der Waals surface area contributed by atoms with E-state index in [0.29, 0.717) is 0 Å². The number of amides is 1. The van der Waals surface area contributed by atoms with Crippen molar-refractivity contribution in [1.29, 1.82) is 0 Å². The molecule has 108 valence electrons. The summed E-state index contributed by atoms with van der Waals surface area (Å²) in [6.45, 7) is 6.05. The van der Waals surface area contributed by atoms with Crippen LogP contribution in [0.25, 0.3) is 0 Å². The molecule has 3 fully saturated rings. The fraction of sp³-hybridized carbons (Fsp3) is 0.714. The standard InChI is InChI=1S/C14H21N5O/c20-14(13-10-17-4-2-5-18(13)8-7-17)19-6-1-3-11-12(19)9-15-16-11/h9,13H,1-8,10H2,(H,15,16). The second kappa shape index (κ2) is 4.86. The summed E-state index contributed by atoms with van der Waals surface area (Å²) in [6.07, 6.45) is 5.01.